The largest absolute Gasteiger partial charge is 0.491 e. The lowest BCUT2D eigenvalue weighted by Crippen LogP contribution is -2.40. The van der Waals surface area contributed by atoms with Crippen LogP contribution in [0.2, 0.25) is 0 Å². The average Bonchev–Trinajstić information content (AvgIpc) is 2.54. The highest BCUT2D eigenvalue weighted by molar-refractivity contribution is 5.94. The SMILES string of the molecule is CC(=O)c1ccc(OC[C@@H](O)CN(C)C2CCCCC2)cc1. The minimum absolute atomic E-state index is 0.0423. The smallest absolute Gasteiger partial charge is 0.159 e. The quantitative estimate of drug-likeness (QED) is 0.787. The molecule has 1 aromatic rings. The highest BCUT2D eigenvalue weighted by Crippen LogP contribution is 2.21. The summed E-state index contributed by atoms with van der Waals surface area (Å²) in [4.78, 5) is 13.5. The Morgan fingerprint density at radius 3 is 2.50 bits per heavy atom. The Morgan fingerprint density at radius 2 is 1.91 bits per heavy atom. The molecule has 4 heteroatoms. The molecular formula is C18H27NO3. The van der Waals surface area contributed by atoms with Crippen molar-refractivity contribution in [3.8, 4) is 5.75 Å². The van der Waals surface area contributed by atoms with E-state index in [0.29, 0.717) is 23.9 Å². The van der Waals surface area contributed by atoms with Crippen LogP contribution in [0.5, 0.6) is 5.75 Å². The Labute approximate surface area is 133 Å². The van der Waals surface area contributed by atoms with Crippen molar-refractivity contribution in [2.75, 3.05) is 20.2 Å². The van der Waals surface area contributed by atoms with Crippen molar-refractivity contribution in [2.24, 2.45) is 0 Å². The summed E-state index contributed by atoms with van der Waals surface area (Å²) < 4.78 is 5.60. The Hall–Kier alpha value is -1.39. The lowest BCUT2D eigenvalue weighted by molar-refractivity contribution is 0.0561. The van der Waals surface area contributed by atoms with Gasteiger partial charge in [0.25, 0.3) is 0 Å². The van der Waals surface area contributed by atoms with Gasteiger partial charge in [0.05, 0.1) is 0 Å². The van der Waals surface area contributed by atoms with E-state index >= 15 is 0 Å². The fourth-order valence-corrected chi connectivity index (χ4v) is 3.03. The number of aliphatic hydroxyl groups is 1. The Bertz CT molecular complexity index is 466. The van der Waals surface area contributed by atoms with Gasteiger partial charge in [-0.05, 0) is 51.1 Å². The fourth-order valence-electron chi connectivity index (χ4n) is 3.03. The molecule has 1 N–H and O–H groups in total. The molecule has 0 amide bonds. The summed E-state index contributed by atoms with van der Waals surface area (Å²) in [5, 5.41) is 10.1. The molecule has 0 saturated heterocycles. The molecule has 1 aromatic carbocycles. The number of carbonyl (C=O) groups excluding carboxylic acids is 1. The van der Waals surface area contributed by atoms with E-state index in [4.69, 9.17) is 4.74 Å². The number of ether oxygens (including phenoxy) is 1. The first-order valence-electron chi connectivity index (χ1n) is 8.18. The summed E-state index contributed by atoms with van der Waals surface area (Å²) in [6, 6.07) is 7.64. The predicted octanol–water partition coefficient (Wildman–Crippen LogP) is 2.89. The molecule has 0 spiro atoms. The molecule has 1 saturated carbocycles. The van der Waals surface area contributed by atoms with Crippen LogP contribution in [-0.4, -0.2) is 48.1 Å². The molecule has 0 unspecified atom stereocenters. The molecule has 0 bridgehead atoms. The van der Waals surface area contributed by atoms with Crippen LogP contribution in [0.1, 0.15) is 49.4 Å². The molecule has 4 nitrogen and oxygen atoms in total. The van der Waals surface area contributed by atoms with E-state index in [0.717, 1.165) is 0 Å². The van der Waals surface area contributed by atoms with Crippen LogP contribution >= 0.6 is 0 Å². The van der Waals surface area contributed by atoms with Gasteiger partial charge in [0.2, 0.25) is 0 Å². The normalized spacial score (nSPS) is 17.5. The third kappa shape index (κ3) is 5.11. The van der Waals surface area contributed by atoms with E-state index in [1.807, 2.05) is 0 Å². The molecule has 1 aliphatic rings. The topological polar surface area (TPSA) is 49.8 Å². The number of carbonyl (C=O) groups is 1. The first-order valence-corrected chi connectivity index (χ1v) is 8.18. The van der Waals surface area contributed by atoms with Crippen LogP contribution in [0, 0.1) is 0 Å². The summed E-state index contributed by atoms with van der Waals surface area (Å²) in [5.74, 6) is 0.727. The van der Waals surface area contributed by atoms with Gasteiger partial charge in [0.1, 0.15) is 18.5 Å². The summed E-state index contributed by atoms with van der Waals surface area (Å²) in [7, 11) is 2.08. The number of Topliss-reactive ketones (excluding diaryl/α,β-unsaturated/α-hetero) is 1. The van der Waals surface area contributed by atoms with Crippen molar-refractivity contribution in [2.45, 2.75) is 51.2 Å². The Morgan fingerprint density at radius 1 is 1.27 bits per heavy atom. The average molecular weight is 305 g/mol. The lowest BCUT2D eigenvalue weighted by Gasteiger charge is -2.32. The summed E-state index contributed by atoms with van der Waals surface area (Å²) in [6.45, 7) is 2.45. The second-order valence-electron chi connectivity index (χ2n) is 6.28. The maximum Gasteiger partial charge on any atom is 0.159 e. The lowest BCUT2D eigenvalue weighted by atomic mass is 9.94. The number of aliphatic hydroxyl groups excluding tert-OH is 1. The second-order valence-corrected chi connectivity index (χ2v) is 6.28. The third-order valence-corrected chi connectivity index (χ3v) is 4.40. The van der Waals surface area contributed by atoms with Gasteiger partial charge >= 0.3 is 0 Å². The van der Waals surface area contributed by atoms with Crippen LogP contribution in [-0.2, 0) is 0 Å². The van der Waals surface area contributed by atoms with Gasteiger partial charge in [-0.2, -0.15) is 0 Å². The third-order valence-electron chi connectivity index (χ3n) is 4.40. The highest BCUT2D eigenvalue weighted by atomic mass is 16.5. The van der Waals surface area contributed by atoms with Gasteiger partial charge in [-0.1, -0.05) is 19.3 Å². The van der Waals surface area contributed by atoms with Gasteiger partial charge in [-0.25, -0.2) is 0 Å². The fraction of sp³-hybridized carbons (Fsp3) is 0.611. The molecule has 22 heavy (non-hydrogen) atoms. The van der Waals surface area contributed by atoms with Crippen molar-refractivity contribution in [1.82, 2.24) is 4.90 Å². The van der Waals surface area contributed by atoms with E-state index in [1.165, 1.54) is 32.1 Å². The van der Waals surface area contributed by atoms with Gasteiger partial charge < -0.3 is 14.7 Å². The van der Waals surface area contributed by atoms with E-state index in [9.17, 15) is 9.90 Å². The molecule has 1 fully saturated rings. The van der Waals surface area contributed by atoms with Crippen molar-refractivity contribution < 1.29 is 14.6 Å². The van der Waals surface area contributed by atoms with E-state index in [1.54, 1.807) is 31.2 Å². The number of likely N-dealkylation sites (N-methyl/N-ethyl adjacent to an activating group) is 1. The molecule has 1 aliphatic carbocycles. The molecule has 0 radical (unpaired) electrons. The molecule has 1 atom stereocenters. The highest BCUT2D eigenvalue weighted by Gasteiger charge is 2.20. The molecule has 0 heterocycles. The molecule has 0 aliphatic heterocycles. The predicted molar refractivity (Wildman–Crippen MR) is 87.5 cm³/mol. The minimum atomic E-state index is -0.501. The summed E-state index contributed by atoms with van der Waals surface area (Å²) in [6.07, 6.45) is 5.90. The zero-order valence-electron chi connectivity index (χ0n) is 13.6. The first kappa shape index (κ1) is 17.0. The van der Waals surface area contributed by atoms with Crippen LogP contribution < -0.4 is 4.74 Å². The van der Waals surface area contributed by atoms with Crippen molar-refractivity contribution in [3.05, 3.63) is 29.8 Å². The summed E-state index contributed by atoms with van der Waals surface area (Å²) in [5.41, 5.74) is 0.671. The number of hydrogen-bond acceptors (Lipinski definition) is 4. The van der Waals surface area contributed by atoms with Crippen molar-refractivity contribution in [3.63, 3.8) is 0 Å². The van der Waals surface area contributed by atoms with Crippen molar-refractivity contribution in [1.29, 1.82) is 0 Å². The molecular weight excluding hydrogens is 278 g/mol. The monoisotopic (exact) mass is 305 g/mol. The maximum absolute atomic E-state index is 11.2. The standard InChI is InChI=1S/C18H27NO3/c1-14(20)15-8-10-18(11-9-15)22-13-17(21)12-19(2)16-6-4-3-5-7-16/h8-11,16-17,21H,3-7,12-13H2,1-2H3/t17-/m0/s1. The number of ketones is 1. The number of benzene rings is 1. The first-order chi connectivity index (χ1) is 10.6. The number of hydrogen-bond donors (Lipinski definition) is 1. The van der Waals surface area contributed by atoms with Gasteiger partial charge in [-0.3, -0.25) is 4.79 Å². The van der Waals surface area contributed by atoms with E-state index in [-0.39, 0.29) is 12.4 Å². The van der Waals surface area contributed by atoms with Gasteiger partial charge in [0.15, 0.2) is 5.78 Å². The summed E-state index contributed by atoms with van der Waals surface area (Å²) >= 11 is 0. The van der Waals surface area contributed by atoms with Crippen molar-refractivity contribution >= 4 is 5.78 Å². The second kappa shape index (κ2) is 8.30. The van der Waals surface area contributed by atoms with Crippen LogP contribution in [0.25, 0.3) is 0 Å². The van der Waals surface area contributed by atoms with Crippen LogP contribution in [0.3, 0.4) is 0 Å². The van der Waals surface area contributed by atoms with Crippen LogP contribution in [0.4, 0.5) is 0 Å². The van der Waals surface area contributed by atoms with Crippen LogP contribution in [0.15, 0.2) is 24.3 Å². The number of nitrogens with zero attached hydrogens (tertiary/aromatic N) is 1. The molecule has 2 rings (SSSR count). The number of rotatable bonds is 7. The Balaban J connectivity index is 1.74. The van der Waals surface area contributed by atoms with E-state index < -0.39 is 6.10 Å². The maximum atomic E-state index is 11.2. The Kier molecular flexibility index (Phi) is 6.40. The van der Waals surface area contributed by atoms with Gasteiger partial charge in [0, 0.05) is 18.2 Å². The zero-order chi connectivity index (χ0) is 15.9. The van der Waals surface area contributed by atoms with E-state index in [2.05, 4.69) is 11.9 Å². The zero-order valence-corrected chi connectivity index (χ0v) is 13.6. The molecule has 0 aromatic heterocycles. The minimum Gasteiger partial charge on any atom is -0.491 e. The molecule has 122 valence electrons. The van der Waals surface area contributed by atoms with Gasteiger partial charge in [-0.15, -0.1) is 0 Å².